The van der Waals surface area contributed by atoms with E-state index in [1.54, 1.807) is 0 Å². The van der Waals surface area contributed by atoms with Crippen molar-refractivity contribution in [3.05, 3.63) is 0 Å². The predicted molar refractivity (Wildman–Crippen MR) is 58.4 cm³/mol. The summed E-state index contributed by atoms with van der Waals surface area (Å²) >= 11 is 0. The van der Waals surface area contributed by atoms with Gasteiger partial charge in [0, 0.05) is 19.6 Å². The van der Waals surface area contributed by atoms with Crippen molar-refractivity contribution in [1.29, 1.82) is 0 Å². The first-order valence-electron chi connectivity index (χ1n) is 4.95. The fourth-order valence-electron chi connectivity index (χ4n) is 1.55. The lowest BCUT2D eigenvalue weighted by molar-refractivity contribution is -0.137. The van der Waals surface area contributed by atoms with Crippen molar-refractivity contribution >= 4 is 21.9 Å². The number of nitrogens with two attached hydrogens (primary N) is 1. The molecule has 1 aliphatic heterocycles. The number of carbonyl (C=O) groups excluding carboxylic acids is 2. The number of ether oxygens (including phenoxy) is 1. The van der Waals surface area contributed by atoms with E-state index in [4.69, 9.17) is 5.73 Å². The Hall–Kier alpha value is -1.19. The molecule has 1 unspecified atom stereocenters. The molecule has 1 atom stereocenters. The lowest BCUT2D eigenvalue weighted by Gasteiger charge is -2.32. The molecule has 0 aromatic rings. The largest absolute Gasteiger partial charge is 0.468 e. The van der Waals surface area contributed by atoms with Crippen molar-refractivity contribution in [3.8, 4) is 0 Å². The fourth-order valence-corrected chi connectivity index (χ4v) is 3.07. The van der Waals surface area contributed by atoms with Gasteiger partial charge in [0.15, 0.2) is 5.75 Å². The molecule has 1 amide bonds. The highest BCUT2D eigenvalue weighted by Crippen LogP contribution is 2.10. The molecule has 1 rings (SSSR count). The summed E-state index contributed by atoms with van der Waals surface area (Å²) < 4.78 is 29.0. The zero-order chi connectivity index (χ0) is 13.1. The first-order chi connectivity index (χ1) is 7.88. The Balaban J connectivity index is 2.87. The number of carbonyl (C=O) groups is 2. The number of methoxy groups -OCH3 is 1. The van der Waals surface area contributed by atoms with Crippen LogP contribution in [0.3, 0.4) is 0 Å². The normalized spacial score (nSPS) is 22.1. The molecule has 1 aliphatic rings. The van der Waals surface area contributed by atoms with Crippen LogP contribution in [-0.4, -0.2) is 63.1 Å². The maximum absolute atomic E-state index is 11.9. The second-order valence-electron chi connectivity index (χ2n) is 3.57. The maximum Gasteiger partial charge on any atom is 0.322 e. The number of sulfonamides is 1. The Morgan fingerprint density at radius 1 is 1.53 bits per heavy atom. The van der Waals surface area contributed by atoms with Crippen LogP contribution in [0.25, 0.3) is 0 Å². The Morgan fingerprint density at radius 3 is 2.71 bits per heavy atom. The van der Waals surface area contributed by atoms with Gasteiger partial charge in [-0.2, -0.15) is 4.31 Å². The van der Waals surface area contributed by atoms with Gasteiger partial charge in [0.2, 0.25) is 15.9 Å². The van der Waals surface area contributed by atoms with Gasteiger partial charge in [-0.25, -0.2) is 8.42 Å². The summed E-state index contributed by atoms with van der Waals surface area (Å²) in [5, 5.41) is 2.86. The molecule has 0 bridgehead atoms. The zero-order valence-corrected chi connectivity index (χ0v) is 10.2. The van der Waals surface area contributed by atoms with Crippen molar-refractivity contribution in [2.75, 3.05) is 32.5 Å². The van der Waals surface area contributed by atoms with E-state index in [1.807, 2.05) is 0 Å². The predicted octanol–water partition coefficient (Wildman–Crippen LogP) is -2.75. The minimum atomic E-state index is -3.87. The highest BCUT2D eigenvalue weighted by atomic mass is 32.2. The monoisotopic (exact) mass is 265 g/mol. The van der Waals surface area contributed by atoms with Gasteiger partial charge >= 0.3 is 5.97 Å². The van der Waals surface area contributed by atoms with Crippen LogP contribution in [0.5, 0.6) is 0 Å². The summed E-state index contributed by atoms with van der Waals surface area (Å²) in [4.78, 5) is 22.1. The molecule has 3 N–H and O–H groups in total. The van der Waals surface area contributed by atoms with E-state index in [0.29, 0.717) is 6.54 Å². The third-order valence-corrected chi connectivity index (χ3v) is 4.16. The van der Waals surface area contributed by atoms with Gasteiger partial charge in [-0.1, -0.05) is 0 Å². The average Bonchev–Trinajstić information content (AvgIpc) is 2.28. The van der Waals surface area contributed by atoms with Gasteiger partial charge < -0.3 is 15.8 Å². The van der Waals surface area contributed by atoms with E-state index in [2.05, 4.69) is 10.1 Å². The maximum atomic E-state index is 11.9. The fraction of sp³-hybridized carbons (Fsp3) is 0.750. The van der Waals surface area contributed by atoms with Gasteiger partial charge in [0.1, 0.15) is 6.04 Å². The molecule has 0 aliphatic carbocycles. The third-order valence-electron chi connectivity index (χ3n) is 2.41. The number of hydrogen-bond acceptors (Lipinski definition) is 6. The summed E-state index contributed by atoms with van der Waals surface area (Å²) in [5.74, 6) is -2.40. The highest BCUT2D eigenvalue weighted by molar-refractivity contribution is 7.89. The topological polar surface area (TPSA) is 119 Å². The van der Waals surface area contributed by atoms with Gasteiger partial charge in [0.05, 0.1) is 7.11 Å². The molecular formula is C8H15N3O5S. The Morgan fingerprint density at radius 2 is 2.18 bits per heavy atom. The summed E-state index contributed by atoms with van der Waals surface area (Å²) in [6.07, 6.45) is 0. The number of hydrogen-bond donors (Lipinski definition) is 2. The number of esters is 1. The van der Waals surface area contributed by atoms with Crippen LogP contribution in [0, 0.1) is 0 Å². The summed E-state index contributed by atoms with van der Waals surface area (Å²) in [6.45, 7) is 0.660. The minimum Gasteiger partial charge on any atom is -0.468 e. The number of rotatable bonds is 4. The number of nitrogens with one attached hydrogen (secondary N) is 1. The SMILES string of the molecule is COC(=O)CS(=O)(=O)N1CCNCC1C(N)=O. The quantitative estimate of drug-likeness (QED) is 0.532. The lowest BCUT2D eigenvalue weighted by Crippen LogP contribution is -2.59. The van der Waals surface area contributed by atoms with Gasteiger partial charge in [-0.05, 0) is 0 Å². The van der Waals surface area contributed by atoms with Crippen molar-refractivity contribution in [3.63, 3.8) is 0 Å². The van der Waals surface area contributed by atoms with Crippen molar-refractivity contribution in [2.45, 2.75) is 6.04 Å². The van der Waals surface area contributed by atoms with Crippen molar-refractivity contribution in [1.82, 2.24) is 9.62 Å². The second kappa shape index (κ2) is 5.43. The van der Waals surface area contributed by atoms with E-state index in [0.717, 1.165) is 11.4 Å². The van der Waals surface area contributed by atoms with Crippen molar-refractivity contribution in [2.24, 2.45) is 5.73 Å². The van der Waals surface area contributed by atoms with Gasteiger partial charge in [-0.3, -0.25) is 9.59 Å². The van der Waals surface area contributed by atoms with Crippen LogP contribution in [0.2, 0.25) is 0 Å². The summed E-state index contributed by atoms with van der Waals surface area (Å²) in [7, 11) is -2.77. The number of amides is 1. The molecule has 0 radical (unpaired) electrons. The van der Waals surface area contributed by atoms with Crippen molar-refractivity contribution < 1.29 is 22.7 Å². The van der Waals surface area contributed by atoms with E-state index in [9.17, 15) is 18.0 Å². The average molecular weight is 265 g/mol. The Bertz CT molecular complexity index is 407. The molecule has 0 aromatic heterocycles. The minimum absolute atomic E-state index is 0.104. The molecule has 0 spiro atoms. The van der Waals surface area contributed by atoms with Crippen LogP contribution < -0.4 is 11.1 Å². The first kappa shape index (κ1) is 13.9. The van der Waals surface area contributed by atoms with E-state index >= 15 is 0 Å². The molecule has 1 heterocycles. The van der Waals surface area contributed by atoms with E-state index in [-0.39, 0.29) is 13.1 Å². The molecule has 8 nitrogen and oxygen atoms in total. The van der Waals surface area contributed by atoms with Crippen LogP contribution in [-0.2, 0) is 24.3 Å². The molecule has 1 saturated heterocycles. The Kier molecular flexibility index (Phi) is 4.43. The first-order valence-corrected chi connectivity index (χ1v) is 6.56. The highest BCUT2D eigenvalue weighted by Gasteiger charge is 2.36. The standard InChI is InChI=1S/C8H15N3O5S/c1-16-7(12)5-17(14,15)11-3-2-10-4-6(11)8(9)13/h6,10H,2-5H2,1H3,(H2,9,13). The number of primary amides is 1. The number of piperazine rings is 1. The molecule has 1 fully saturated rings. The van der Waals surface area contributed by atoms with Gasteiger partial charge in [-0.15, -0.1) is 0 Å². The summed E-state index contributed by atoms with van der Waals surface area (Å²) in [6, 6.07) is -0.960. The smallest absolute Gasteiger partial charge is 0.322 e. The molecule has 0 saturated carbocycles. The van der Waals surface area contributed by atoms with Gasteiger partial charge in [0.25, 0.3) is 0 Å². The summed E-state index contributed by atoms with van der Waals surface area (Å²) in [5.41, 5.74) is 5.12. The van der Waals surface area contributed by atoms with Crippen LogP contribution in [0.4, 0.5) is 0 Å². The lowest BCUT2D eigenvalue weighted by atomic mass is 10.2. The second-order valence-corrected chi connectivity index (χ2v) is 5.49. The molecule has 9 heteroatoms. The van der Waals surface area contributed by atoms with Crippen LogP contribution in [0.1, 0.15) is 0 Å². The molecule has 17 heavy (non-hydrogen) atoms. The van der Waals surface area contributed by atoms with Crippen LogP contribution >= 0.6 is 0 Å². The number of nitrogens with zero attached hydrogens (tertiary/aromatic N) is 1. The van der Waals surface area contributed by atoms with Crippen LogP contribution in [0.15, 0.2) is 0 Å². The molecular weight excluding hydrogens is 250 g/mol. The van der Waals surface area contributed by atoms with E-state index < -0.39 is 33.7 Å². The molecule has 0 aromatic carbocycles. The Labute approximate surface area is 99.1 Å². The van der Waals surface area contributed by atoms with E-state index in [1.165, 1.54) is 0 Å². The molecule has 98 valence electrons. The third kappa shape index (κ3) is 3.38. The zero-order valence-electron chi connectivity index (χ0n) is 9.38.